The lowest BCUT2D eigenvalue weighted by Gasteiger charge is -2.17. The molecule has 0 aromatic heterocycles. The van der Waals surface area contributed by atoms with Crippen LogP contribution < -0.4 is 0 Å². The second-order valence-corrected chi connectivity index (χ2v) is 4.30. The zero-order valence-corrected chi connectivity index (χ0v) is 9.43. The van der Waals surface area contributed by atoms with Crippen LogP contribution in [0.4, 0.5) is 0 Å². The van der Waals surface area contributed by atoms with Crippen LogP contribution in [0.25, 0.3) is 0 Å². The average Bonchev–Trinajstić information content (AvgIpc) is 2.14. The Hall–Kier alpha value is -0.930. The molecule has 0 saturated carbocycles. The Balaban J connectivity index is 2.52. The Bertz CT molecular complexity index is 301. The lowest BCUT2D eigenvalue weighted by atomic mass is 10.2. The molecular formula is C11H14O2S. The molecule has 2 nitrogen and oxygen atoms in total. The highest BCUT2D eigenvalue weighted by Gasteiger charge is 2.14. The lowest BCUT2D eigenvalue weighted by molar-refractivity contribution is -0.285. The molecular weight excluding hydrogens is 196 g/mol. The van der Waals surface area contributed by atoms with Crippen molar-refractivity contribution < 1.29 is 9.78 Å². The molecule has 0 aliphatic carbocycles. The van der Waals surface area contributed by atoms with Gasteiger partial charge in [-0.25, -0.2) is 0 Å². The van der Waals surface area contributed by atoms with Crippen molar-refractivity contribution in [3.8, 4) is 0 Å². The van der Waals surface area contributed by atoms with Crippen molar-refractivity contribution in [2.45, 2.75) is 26.4 Å². The van der Waals surface area contributed by atoms with E-state index < -0.39 is 0 Å². The van der Waals surface area contributed by atoms with Gasteiger partial charge in [0.15, 0.2) is 0 Å². The Morgan fingerprint density at radius 2 is 1.71 bits per heavy atom. The monoisotopic (exact) mass is 210 g/mol. The van der Waals surface area contributed by atoms with Crippen LogP contribution in [0.3, 0.4) is 0 Å². The molecule has 3 heteroatoms. The zero-order valence-electron chi connectivity index (χ0n) is 8.61. The third-order valence-corrected chi connectivity index (χ3v) is 1.68. The third kappa shape index (κ3) is 3.85. The summed E-state index contributed by atoms with van der Waals surface area (Å²) in [4.78, 5) is 10.1. The van der Waals surface area contributed by atoms with Gasteiger partial charge in [-0.2, -0.15) is 4.89 Å². The molecule has 0 fully saturated rings. The van der Waals surface area contributed by atoms with Gasteiger partial charge in [-0.3, -0.25) is 0 Å². The van der Waals surface area contributed by atoms with E-state index in [9.17, 15) is 0 Å². The molecule has 0 unspecified atom stereocenters. The van der Waals surface area contributed by atoms with Gasteiger partial charge >= 0.3 is 0 Å². The van der Waals surface area contributed by atoms with E-state index in [4.69, 9.17) is 22.0 Å². The van der Waals surface area contributed by atoms with E-state index in [-0.39, 0.29) is 5.60 Å². The molecule has 0 bridgehead atoms. The number of benzene rings is 1. The summed E-state index contributed by atoms with van der Waals surface area (Å²) >= 11 is 5.04. The second kappa shape index (κ2) is 4.53. The van der Waals surface area contributed by atoms with Crippen molar-refractivity contribution in [1.29, 1.82) is 0 Å². The summed E-state index contributed by atoms with van der Waals surface area (Å²) in [5.41, 5.74) is 0.505. The van der Waals surface area contributed by atoms with Crippen LogP contribution in [-0.4, -0.2) is 10.7 Å². The quantitative estimate of drug-likeness (QED) is 0.424. The van der Waals surface area contributed by atoms with E-state index in [2.05, 4.69) is 0 Å². The molecule has 76 valence electrons. The predicted octanol–water partition coefficient (Wildman–Crippen LogP) is 3.11. The minimum absolute atomic E-state index is 0.348. The molecule has 1 aromatic carbocycles. The summed E-state index contributed by atoms with van der Waals surface area (Å²) in [5.74, 6) is 0. The number of thiocarbonyl (C=S) groups is 1. The Labute approximate surface area is 89.8 Å². The van der Waals surface area contributed by atoms with Gasteiger partial charge in [-0.15, -0.1) is 0 Å². The topological polar surface area (TPSA) is 18.5 Å². The minimum atomic E-state index is -0.348. The van der Waals surface area contributed by atoms with E-state index in [1.165, 1.54) is 0 Å². The molecule has 14 heavy (non-hydrogen) atoms. The SMILES string of the molecule is CC(C)(C)OOC(=S)c1ccccc1. The molecule has 1 rings (SSSR count). The van der Waals surface area contributed by atoms with Crippen molar-refractivity contribution in [2.24, 2.45) is 0 Å². The third-order valence-electron chi connectivity index (χ3n) is 1.38. The number of hydrogen-bond acceptors (Lipinski definition) is 3. The van der Waals surface area contributed by atoms with Gasteiger partial charge in [-0.05, 0) is 33.0 Å². The van der Waals surface area contributed by atoms with E-state index in [1.54, 1.807) is 0 Å². The Morgan fingerprint density at radius 3 is 2.21 bits per heavy atom. The van der Waals surface area contributed by atoms with Crippen molar-refractivity contribution in [3.05, 3.63) is 35.9 Å². The number of rotatable bonds is 2. The smallest absolute Gasteiger partial charge is 0.236 e. The standard InChI is InChI=1S/C11H14O2S/c1-11(2,3)13-12-10(14)9-7-5-4-6-8-9/h4-8H,1-3H3. The fourth-order valence-corrected chi connectivity index (χ4v) is 0.955. The lowest BCUT2D eigenvalue weighted by Crippen LogP contribution is -2.21. The van der Waals surface area contributed by atoms with Crippen molar-refractivity contribution in [2.75, 3.05) is 0 Å². The Kier molecular flexibility index (Phi) is 3.61. The summed E-state index contributed by atoms with van der Waals surface area (Å²) in [6, 6.07) is 9.50. The second-order valence-electron chi connectivity index (χ2n) is 3.93. The van der Waals surface area contributed by atoms with Crippen LogP contribution in [0.1, 0.15) is 26.3 Å². The van der Waals surface area contributed by atoms with Crippen LogP contribution in [-0.2, 0) is 9.78 Å². The van der Waals surface area contributed by atoms with Crippen molar-refractivity contribution >= 4 is 17.3 Å². The zero-order chi connectivity index (χ0) is 10.6. The van der Waals surface area contributed by atoms with E-state index in [0.29, 0.717) is 5.05 Å². The van der Waals surface area contributed by atoms with Gasteiger partial charge in [0.1, 0.15) is 5.60 Å². The van der Waals surface area contributed by atoms with Gasteiger partial charge in [0.25, 0.3) is 0 Å². The molecule has 0 aliphatic heterocycles. The first-order valence-corrected chi connectivity index (χ1v) is 4.85. The molecule has 0 amide bonds. The molecule has 0 heterocycles. The fraction of sp³-hybridized carbons (Fsp3) is 0.364. The van der Waals surface area contributed by atoms with Crippen LogP contribution in [0, 0.1) is 0 Å². The first-order valence-electron chi connectivity index (χ1n) is 4.44. The van der Waals surface area contributed by atoms with Gasteiger partial charge in [0.2, 0.25) is 5.05 Å². The maximum atomic E-state index is 5.10. The largest absolute Gasteiger partial charge is 0.324 e. The molecule has 0 spiro atoms. The molecule has 0 saturated heterocycles. The molecule has 0 N–H and O–H groups in total. The minimum Gasteiger partial charge on any atom is -0.324 e. The van der Waals surface area contributed by atoms with Crippen LogP contribution in [0.5, 0.6) is 0 Å². The fourth-order valence-electron chi connectivity index (χ4n) is 0.785. The highest BCUT2D eigenvalue weighted by atomic mass is 32.1. The van der Waals surface area contributed by atoms with Gasteiger partial charge < -0.3 is 4.89 Å². The molecule has 0 aliphatic rings. The van der Waals surface area contributed by atoms with Gasteiger partial charge in [0, 0.05) is 5.56 Å². The van der Waals surface area contributed by atoms with Crippen LogP contribution in [0.2, 0.25) is 0 Å². The summed E-state index contributed by atoms with van der Waals surface area (Å²) in [5, 5.41) is 0.362. The average molecular weight is 210 g/mol. The molecule has 0 atom stereocenters. The predicted molar refractivity (Wildman–Crippen MR) is 60.1 cm³/mol. The maximum absolute atomic E-state index is 5.10. The van der Waals surface area contributed by atoms with Gasteiger partial charge in [-0.1, -0.05) is 30.3 Å². The number of hydrogen-bond donors (Lipinski definition) is 0. The van der Waals surface area contributed by atoms with E-state index in [1.807, 2.05) is 51.1 Å². The normalized spacial score (nSPS) is 11.1. The van der Waals surface area contributed by atoms with Crippen molar-refractivity contribution in [1.82, 2.24) is 0 Å². The first-order chi connectivity index (χ1) is 6.49. The Morgan fingerprint density at radius 1 is 1.14 bits per heavy atom. The maximum Gasteiger partial charge on any atom is 0.236 e. The van der Waals surface area contributed by atoms with Crippen LogP contribution in [0.15, 0.2) is 30.3 Å². The summed E-state index contributed by atoms with van der Waals surface area (Å²) in [6.45, 7) is 5.71. The van der Waals surface area contributed by atoms with Crippen LogP contribution >= 0.6 is 12.2 Å². The van der Waals surface area contributed by atoms with E-state index in [0.717, 1.165) is 5.56 Å². The summed E-state index contributed by atoms with van der Waals surface area (Å²) in [6.07, 6.45) is 0. The van der Waals surface area contributed by atoms with Gasteiger partial charge in [0.05, 0.1) is 0 Å². The summed E-state index contributed by atoms with van der Waals surface area (Å²) in [7, 11) is 0. The van der Waals surface area contributed by atoms with E-state index >= 15 is 0 Å². The summed E-state index contributed by atoms with van der Waals surface area (Å²) < 4.78 is 0. The molecule has 0 radical (unpaired) electrons. The highest BCUT2D eigenvalue weighted by Crippen LogP contribution is 2.10. The first kappa shape index (κ1) is 11.1. The van der Waals surface area contributed by atoms with Crippen molar-refractivity contribution in [3.63, 3.8) is 0 Å². The molecule has 1 aromatic rings. The highest BCUT2D eigenvalue weighted by molar-refractivity contribution is 7.80.